The fraction of sp³-hybridized carbons (Fsp3) is 0.419. The molecule has 0 aromatic heterocycles. The summed E-state index contributed by atoms with van der Waals surface area (Å²) in [5.41, 5.74) is -0.606. The van der Waals surface area contributed by atoms with Crippen LogP contribution in [0.1, 0.15) is 50.2 Å². The molecule has 0 saturated carbocycles. The molecule has 2 heterocycles. The normalized spacial score (nSPS) is 16.2. The molecular weight excluding hydrogens is 579 g/mol. The van der Waals surface area contributed by atoms with Crippen molar-refractivity contribution in [1.82, 2.24) is 9.80 Å². The Bertz CT molecular complexity index is 1440. The zero-order chi connectivity index (χ0) is 31.1. The number of imide groups is 1. The maximum absolute atomic E-state index is 13.4. The first kappa shape index (κ1) is 32.1. The molecule has 1 N–H and O–H groups in total. The largest absolute Gasteiger partial charge is 0.417 e. The van der Waals surface area contributed by atoms with Gasteiger partial charge in [-0.05, 0) is 75.4 Å². The molecule has 1 saturated heterocycles. The van der Waals surface area contributed by atoms with Crippen molar-refractivity contribution in [3.05, 3.63) is 64.7 Å². The van der Waals surface area contributed by atoms with Crippen LogP contribution in [-0.2, 0) is 15.8 Å². The standard InChI is InChI=1S/C31H34F3N5O3S/c1-21-26(29(41)39(28(21)40)24-12-11-22(20-35)27(19-24)31(32,33)34)10-5-3-4-6-13-37-14-16-38(17-15-37)30(42)36-23-8-7-9-25(18-23)43-2/h7-9,11-12,18-19H,3-6,10,13-17H2,1-2H3,(H,36,42). The van der Waals surface area contributed by atoms with Crippen LogP contribution in [0.3, 0.4) is 0 Å². The molecule has 228 valence electrons. The fourth-order valence-electron chi connectivity index (χ4n) is 5.29. The van der Waals surface area contributed by atoms with Gasteiger partial charge in [-0.15, -0.1) is 11.8 Å². The summed E-state index contributed by atoms with van der Waals surface area (Å²) in [6.45, 7) is 5.31. The van der Waals surface area contributed by atoms with Crippen LogP contribution in [0.15, 0.2) is 58.5 Å². The molecule has 12 heteroatoms. The first-order valence-electron chi connectivity index (χ1n) is 14.2. The summed E-state index contributed by atoms with van der Waals surface area (Å²) in [6, 6.07) is 12.0. The molecule has 0 bridgehead atoms. The number of carbonyl (C=O) groups is 3. The van der Waals surface area contributed by atoms with Crippen molar-refractivity contribution in [3.63, 3.8) is 0 Å². The van der Waals surface area contributed by atoms with Crippen molar-refractivity contribution in [2.24, 2.45) is 0 Å². The van der Waals surface area contributed by atoms with Gasteiger partial charge in [0.1, 0.15) is 0 Å². The summed E-state index contributed by atoms with van der Waals surface area (Å²) in [5.74, 6) is -1.25. The summed E-state index contributed by atoms with van der Waals surface area (Å²) in [5, 5.41) is 12.0. The van der Waals surface area contributed by atoms with Crippen LogP contribution in [-0.4, -0.2) is 66.6 Å². The number of thioether (sulfide) groups is 1. The second-order valence-corrected chi connectivity index (χ2v) is 11.4. The van der Waals surface area contributed by atoms with E-state index < -0.39 is 29.1 Å². The van der Waals surface area contributed by atoms with Crippen molar-refractivity contribution in [1.29, 1.82) is 5.26 Å². The quantitative estimate of drug-likeness (QED) is 0.192. The number of nitriles is 1. The number of unbranched alkanes of at least 4 members (excludes halogenated alkanes) is 3. The summed E-state index contributed by atoms with van der Waals surface area (Å²) >= 11 is 1.62. The number of nitrogens with zero attached hydrogens (tertiary/aromatic N) is 4. The Labute approximate surface area is 253 Å². The molecule has 43 heavy (non-hydrogen) atoms. The van der Waals surface area contributed by atoms with Crippen LogP contribution in [0.25, 0.3) is 0 Å². The predicted molar refractivity (Wildman–Crippen MR) is 160 cm³/mol. The lowest BCUT2D eigenvalue weighted by Crippen LogP contribution is -2.50. The molecular formula is C31H34F3N5O3S. The minimum absolute atomic E-state index is 0.0963. The second kappa shape index (κ2) is 14.1. The third-order valence-corrected chi connectivity index (χ3v) is 8.48. The molecule has 2 aliphatic rings. The second-order valence-electron chi connectivity index (χ2n) is 10.5. The third-order valence-electron chi connectivity index (χ3n) is 7.76. The topological polar surface area (TPSA) is 96.8 Å². The molecule has 4 rings (SSSR count). The van der Waals surface area contributed by atoms with E-state index in [4.69, 9.17) is 5.26 Å². The number of urea groups is 1. The number of hydrogen-bond acceptors (Lipinski definition) is 6. The Morgan fingerprint density at radius 2 is 1.72 bits per heavy atom. The Balaban J connectivity index is 1.18. The van der Waals surface area contributed by atoms with E-state index in [1.54, 1.807) is 11.8 Å². The van der Waals surface area contributed by atoms with Gasteiger partial charge in [0, 0.05) is 47.9 Å². The van der Waals surface area contributed by atoms with E-state index in [2.05, 4.69) is 10.2 Å². The molecule has 0 atom stereocenters. The van der Waals surface area contributed by atoms with Crippen molar-refractivity contribution < 1.29 is 27.6 Å². The SMILES string of the molecule is CSc1cccc(NC(=O)N2CCN(CCCCCCC3=C(C)C(=O)N(c4ccc(C#N)c(C(F)(F)F)c4)C3=O)CC2)c1. The molecule has 8 nitrogen and oxygen atoms in total. The number of benzene rings is 2. The van der Waals surface area contributed by atoms with Crippen LogP contribution < -0.4 is 10.2 Å². The van der Waals surface area contributed by atoms with Gasteiger partial charge < -0.3 is 10.2 Å². The molecule has 0 radical (unpaired) electrons. The summed E-state index contributed by atoms with van der Waals surface area (Å²) in [4.78, 5) is 44.5. The van der Waals surface area contributed by atoms with E-state index in [0.717, 1.165) is 60.4 Å². The van der Waals surface area contributed by atoms with Crippen molar-refractivity contribution in [2.45, 2.75) is 50.1 Å². The Hall–Kier alpha value is -3.82. The lowest BCUT2D eigenvalue weighted by molar-refractivity contribution is -0.138. The minimum atomic E-state index is -4.79. The third kappa shape index (κ3) is 7.77. The molecule has 0 unspecified atom stereocenters. The average molecular weight is 614 g/mol. The maximum atomic E-state index is 13.4. The van der Waals surface area contributed by atoms with Gasteiger partial charge in [0.2, 0.25) is 0 Å². The number of amides is 4. The van der Waals surface area contributed by atoms with Crippen LogP contribution in [0.4, 0.5) is 29.3 Å². The average Bonchev–Trinajstić information content (AvgIpc) is 3.21. The number of nitrogens with one attached hydrogen (secondary N) is 1. The van der Waals surface area contributed by atoms with Crippen LogP contribution >= 0.6 is 11.8 Å². The first-order chi connectivity index (χ1) is 20.5. The summed E-state index contributed by atoms with van der Waals surface area (Å²) in [6.07, 6.45) is 0.957. The zero-order valence-electron chi connectivity index (χ0n) is 24.2. The van der Waals surface area contributed by atoms with Gasteiger partial charge in [-0.25, -0.2) is 9.69 Å². The number of halogens is 3. The van der Waals surface area contributed by atoms with E-state index in [9.17, 15) is 27.6 Å². The highest BCUT2D eigenvalue weighted by molar-refractivity contribution is 7.98. The van der Waals surface area contributed by atoms with E-state index in [1.165, 1.54) is 19.1 Å². The predicted octanol–water partition coefficient (Wildman–Crippen LogP) is 6.29. The number of hydrogen-bond donors (Lipinski definition) is 1. The number of rotatable bonds is 10. The summed E-state index contributed by atoms with van der Waals surface area (Å²) < 4.78 is 40.2. The smallest absolute Gasteiger partial charge is 0.322 e. The van der Waals surface area contributed by atoms with Gasteiger partial charge in [0.25, 0.3) is 11.8 Å². The van der Waals surface area contributed by atoms with E-state index in [-0.39, 0.29) is 17.3 Å². The van der Waals surface area contributed by atoms with Gasteiger partial charge in [-0.3, -0.25) is 14.5 Å². The molecule has 4 amide bonds. The Morgan fingerprint density at radius 1 is 1.00 bits per heavy atom. The minimum Gasteiger partial charge on any atom is -0.322 e. The summed E-state index contributed by atoms with van der Waals surface area (Å²) in [7, 11) is 0. The molecule has 1 fully saturated rings. The van der Waals surface area contributed by atoms with Crippen molar-refractivity contribution in [2.75, 3.05) is 49.2 Å². The van der Waals surface area contributed by atoms with Crippen LogP contribution in [0.5, 0.6) is 0 Å². The molecule has 2 aromatic rings. The highest BCUT2D eigenvalue weighted by Gasteiger charge is 2.39. The molecule has 0 aliphatic carbocycles. The van der Waals surface area contributed by atoms with E-state index in [1.807, 2.05) is 35.4 Å². The van der Waals surface area contributed by atoms with Gasteiger partial charge in [-0.2, -0.15) is 18.4 Å². The zero-order valence-corrected chi connectivity index (χ0v) is 25.0. The molecule has 2 aromatic carbocycles. The Kier molecular flexibility index (Phi) is 10.5. The highest BCUT2D eigenvalue weighted by Crippen LogP contribution is 2.37. The van der Waals surface area contributed by atoms with Gasteiger partial charge >= 0.3 is 12.2 Å². The number of alkyl halides is 3. The maximum Gasteiger partial charge on any atom is 0.417 e. The lowest BCUT2D eigenvalue weighted by Gasteiger charge is -2.34. The van der Waals surface area contributed by atoms with Crippen LogP contribution in [0.2, 0.25) is 0 Å². The monoisotopic (exact) mass is 613 g/mol. The fourth-order valence-corrected chi connectivity index (χ4v) is 5.74. The number of anilines is 2. The lowest BCUT2D eigenvalue weighted by atomic mass is 10.0. The Morgan fingerprint density at radius 3 is 2.40 bits per heavy atom. The van der Waals surface area contributed by atoms with Gasteiger partial charge in [-0.1, -0.05) is 18.9 Å². The van der Waals surface area contributed by atoms with Crippen molar-refractivity contribution in [3.8, 4) is 6.07 Å². The van der Waals surface area contributed by atoms with E-state index >= 15 is 0 Å². The number of carbonyl (C=O) groups excluding carboxylic acids is 3. The molecule has 0 spiro atoms. The molecule has 2 aliphatic heterocycles. The van der Waals surface area contributed by atoms with Crippen LogP contribution in [0, 0.1) is 11.3 Å². The van der Waals surface area contributed by atoms with Gasteiger partial charge in [0.05, 0.1) is 22.9 Å². The van der Waals surface area contributed by atoms with Crippen molar-refractivity contribution >= 4 is 41.0 Å². The van der Waals surface area contributed by atoms with E-state index in [0.29, 0.717) is 37.6 Å². The van der Waals surface area contributed by atoms with Gasteiger partial charge in [0.15, 0.2) is 0 Å². The highest BCUT2D eigenvalue weighted by atomic mass is 32.2. The first-order valence-corrected chi connectivity index (χ1v) is 15.4. The number of piperazine rings is 1.